The van der Waals surface area contributed by atoms with E-state index in [9.17, 15) is 0 Å². The van der Waals surface area contributed by atoms with Gasteiger partial charge in [-0.25, -0.2) is 0 Å². The van der Waals surface area contributed by atoms with E-state index in [2.05, 4.69) is 27.4 Å². The van der Waals surface area contributed by atoms with E-state index in [0.29, 0.717) is 6.04 Å². The molecule has 4 heteroatoms. The molecule has 0 saturated heterocycles. The van der Waals surface area contributed by atoms with Crippen molar-refractivity contribution in [2.24, 2.45) is 0 Å². The topological polar surface area (TPSA) is 47.0 Å². The maximum absolute atomic E-state index is 5.32. The zero-order chi connectivity index (χ0) is 14.7. The number of methoxy groups -OCH3 is 1. The first-order valence-electron chi connectivity index (χ1n) is 7.44. The van der Waals surface area contributed by atoms with Crippen LogP contribution < -0.4 is 10.1 Å². The maximum Gasteiger partial charge on any atom is 0.119 e. The van der Waals surface area contributed by atoms with Crippen molar-refractivity contribution in [1.82, 2.24) is 15.3 Å². The van der Waals surface area contributed by atoms with E-state index in [4.69, 9.17) is 4.74 Å². The predicted molar refractivity (Wildman–Crippen MR) is 82.3 cm³/mol. The van der Waals surface area contributed by atoms with Crippen LogP contribution in [-0.2, 0) is 13.0 Å². The van der Waals surface area contributed by atoms with Crippen molar-refractivity contribution in [2.45, 2.75) is 38.8 Å². The van der Waals surface area contributed by atoms with Crippen molar-refractivity contribution >= 4 is 0 Å². The molecule has 0 fully saturated rings. The summed E-state index contributed by atoms with van der Waals surface area (Å²) in [6.45, 7) is 2.71. The summed E-state index contributed by atoms with van der Waals surface area (Å²) in [5.41, 5.74) is 4.73. The summed E-state index contributed by atoms with van der Waals surface area (Å²) < 4.78 is 5.32. The normalized spacial score (nSPS) is 17.3. The van der Waals surface area contributed by atoms with Crippen LogP contribution in [0.3, 0.4) is 0 Å². The molecule has 110 valence electrons. The number of fused-ring (bicyclic) bond motifs is 1. The van der Waals surface area contributed by atoms with Gasteiger partial charge in [0.1, 0.15) is 5.75 Å². The summed E-state index contributed by atoms with van der Waals surface area (Å²) in [6.07, 6.45) is 7.17. The quantitative estimate of drug-likeness (QED) is 0.937. The highest BCUT2D eigenvalue weighted by Gasteiger charge is 2.20. The van der Waals surface area contributed by atoms with E-state index in [0.717, 1.165) is 30.1 Å². The average molecular weight is 283 g/mol. The molecule has 1 atom stereocenters. The van der Waals surface area contributed by atoms with E-state index < -0.39 is 0 Å². The number of nitrogens with one attached hydrogen (secondary N) is 1. The minimum atomic E-state index is 0.391. The van der Waals surface area contributed by atoms with Gasteiger partial charge in [-0.15, -0.1) is 0 Å². The fourth-order valence-electron chi connectivity index (χ4n) is 2.87. The van der Waals surface area contributed by atoms with E-state index in [-0.39, 0.29) is 0 Å². The van der Waals surface area contributed by atoms with Gasteiger partial charge >= 0.3 is 0 Å². The van der Waals surface area contributed by atoms with Crippen LogP contribution in [0.2, 0.25) is 0 Å². The Morgan fingerprint density at radius 1 is 1.29 bits per heavy atom. The van der Waals surface area contributed by atoms with Crippen LogP contribution in [-0.4, -0.2) is 17.1 Å². The molecule has 4 nitrogen and oxygen atoms in total. The van der Waals surface area contributed by atoms with Crippen LogP contribution in [0.25, 0.3) is 0 Å². The lowest BCUT2D eigenvalue weighted by Crippen LogP contribution is -2.25. The Balaban J connectivity index is 1.71. The highest BCUT2D eigenvalue weighted by Crippen LogP contribution is 2.32. The standard InChI is InChI=1S/C17H21N3O/c1-12-9-19-14(10-18-12)11-20-17-5-3-4-13-8-15(21-2)6-7-16(13)17/h6-10,17,20H,3-5,11H2,1-2H3. The zero-order valence-corrected chi connectivity index (χ0v) is 12.6. The third-order valence-electron chi connectivity index (χ3n) is 4.03. The molecular formula is C17H21N3O. The van der Waals surface area contributed by atoms with Gasteiger partial charge in [-0.3, -0.25) is 9.97 Å². The van der Waals surface area contributed by atoms with Gasteiger partial charge in [-0.2, -0.15) is 0 Å². The van der Waals surface area contributed by atoms with E-state index in [1.54, 1.807) is 7.11 Å². The van der Waals surface area contributed by atoms with Crippen molar-refractivity contribution < 1.29 is 4.74 Å². The van der Waals surface area contributed by atoms with Crippen LogP contribution in [0.5, 0.6) is 5.75 Å². The highest BCUT2D eigenvalue weighted by atomic mass is 16.5. The molecule has 1 heterocycles. The van der Waals surface area contributed by atoms with Crippen LogP contribution in [0.4, 0.5) is 0 Å². The molecule has 0 spiro atoms. The maximum atomic E-state index is 5.32. The molecule has 1 N–H and O–H groups in total. The van der Waals surface area contributed by atoms with Crippen LogP contribution in [0, 0.1) is 6.92 Å². The van der Waals surface area contributed by atoms with Gasteiger partial charge in [0.05, 0.1) is 18.5 Å². The number of nitrogens with zero attached hydrogens (tertiary/aromatic N) is 2. The molecule has 0 amide bonds. The summed E-state index contributed by atoms with van der Waals surface area (Å²) in [4.78, 5) is 8.69. The summed E-state index contributed by atoms with van der Waals surface area (Å²) >= 11 is 0. The molecular weight excluding hydrogens is 262 g/mol. The monoisotopic (exact) mass is 283 g/mol. The van der Waals surface area contributed by atoms with Gasteiger partial charge in [0.2, 0.25) is 0 Å². The Bertz CT molecular complexity index is 610. The summed E-state index contributed by atoms with van der Waals surface area (Å²) in [5, 5.41) is 3.61. The van der Waals surface area contributed by atoms with E-state index in [1.807, 2.05) is 25.4 Å². The number of hydrogen-bond donors (Lipinski definition) is 1. The Kier molecular flexibility index (Phi) is 4.15. The van der Waals surface area contributed by atoms with Crippen molar-refractivity contribution in [1.29, 1.82) is 0 Å². The Morgan fingerprint density at radius 2 is 2.19 bits per heavy atom. The molecule has 21 heavy (non-hydrogen) atoms. The molecule has 1 aromatic carbocycles. The molecule has 0 saturated carbocycles. The van der Waals surface area contributed by atoms with Gasteiger partial charge in [0.15, 0.2) is 0 Å². The first-order chi connectivity index (χ1) is 10.3. The molecule has 1 aliphatic rings. The largest absolute Gasteiger partial charge is 0.497 e. The zero-order valence-electron chi connectivity index (χ0n) is 12.6. The number of aromatic nitrogens is 2. The van der Waals surface area contributed by atoms with Crippen molar-refractivity contribution in [3.63, 3.8) is 0 Å². The summed E-state index contributed by atoms with van der Waals surface area (Å²) in [7, 11) is 1.72. The Hall–Kier alpha value is -1.94. The second-order valence-electron chi connectivity index (χ2n) is 5.54. The first kappa shape index (κ1) is 14.0. The minimum Gasteiger partial charge on any atom is -0.497 e. The highest BCUT2D eigenvalue weighted by molar-refractivity contribution is 5.39. The molecule has 0 radical (unpaired) electrons. The Labute approximate surface area is 125 Å². The molecule has 0 aliphatic heterocycles. The fraction of sp³-hybridized carbons (Fsp3) is 0.412. The molecule has 2 aromatic rings. The fourth-order valence-corrected chi connectivity index (χ4v) is 2.87. The van der Waals surface area contributed by atoms with Crippen molar-refractivity contribution in [3.05, 3.63) is 53.1 Å². The minimum absolute atomic E-state index is 0.391. The lowest BCUT2D eigenvalue weighted by molar-refractivity contribution is 0.410. The summed E-state index contributed by atoms with van der Waals surface area (Å²) in [5.74, 6) is 0.943. The SMILES string of the molecule is COc1ccc2c(c1)CCCC2NCc1cnc(C)cn1. The van der Waals surface area contributed by atoms with E-state index in [1.165, 1.54) is 24.0 Å². The summed E-state index contributed by atoms with van der Waals surface area (Å²) in [6, 6.07) is 6.79. The van der Waals surface area contributed by atoms with Gasteiger partial charge < -0.3 is 10.1 Å². The lowest BCUT2D eigenvalue weighted by Gasteiger charge is -2.26. The number of benzene rings is 1. The van der Waals surface area contributed by atoms with Gasteiger partial charge in [0.25, 0.3) is 0 Å². The molecule has 0 bridgehead atoms. The predicted octanol–water partition coefficient (Wildman–Crippen LogP) is 2.96. The third-order valence-corrected chi connectivity index (χ3v) is 4.03. The molecule has 1 aliphatic carbocycles. The van der Waals surface area contributed by atoms with Gasteiger partial charge in [0, 0.05) is 25.0 Å². The lowest BCUT2D eigenvalue weighted by atomic mass is 9.87. The Morgan fingerprint density at radius 3 is 2.95 bits per heavy atom. The second-order valence-corrected chi connectivity index (χ2v) is 5.54. The van der Waals surface area contributed by atoms with Crippen LogP contribution in [0.15, 0.2) is 30.6 Å². The average Bonchev–Trinajstić information content (AvgIpc) is 2.53. The van der Waals surface area contributed by atoms with Crippen LogP contribution in [0.1, 0.15) is 41.4 Å². The second kappa shape index (κ2) is 6.22. The van der Waals surface area contributed by atoms with Crippen molar-refractivity contribution in [3.8, 4) is 5.75 Å². The molecule has 3 rings (SSSR count). The first-order valence-corrected chi connectivity index (χ1v) is 7.44. The molecule has 1 aromatic heterocycles. The number of rotatable bonds is 4. The third kappa shape index (κ3) is 3.22. The van der Waals surface area contributed by atoms with Crippen molar-refractivity contribution in [2.75, 3.05) is 7.11 Å². The number of hydrogen-bond acceptors (Lipinski definition) is 4. The van der Waals surface area contributed by atoms with E-state index >= 15 is 0 Å². The molecule has 1 unspecified atom stereocenters. The van der Waals surface area contributed by atoms with Crippen LogP contribution >= 0.6 is 0 Å². The number of ether oxygens (including phenoxy) is 1. The van der Waals surface area contributed by atoms with Gasteiger partial charge in [-0.05, 0) is 49.4 Å². The number of aryl methyl sites for hydroxylation is 2. The van der Waals surface area contributed by atoms with Gasteiger partial charge in [-0.1, -0.05) is 6.07 Å². The smallest absolute Gasteiger partial charge is 0.119 e.